The van der Waals surface area contributed by atoms with E-state index in [1.54, 1.807) is 38.3 Å². The van der Waals surface area contributed by atoms with Crippen molar-refractivity contribution in [2.24, 2.45) is 11.8 Å². The molecule has 1 saturated carbocycles. The fraction of sp³-hybridized carbons (Fsp3) is 0.429. The predicted octanol–water partition coefficient (Wildman–Crippen LogP) is 7.96. The van der Waals surface area contributed by atoms with Gasteiger partial charge in [0.2, 0.25) is 0 Å². The van der Waals surface area contributed by atoms with Gasteiger partial charge < -0.3 is 14.8 Å². The lowest BCUT2D eigenvalue weighted by Gasteiger charge is -2.39. The first-order valence-electron chi connectivity index (χ1n) is 15.0. The Morgan fingerprint density at radius 3 is 2.45 bits per heavy atom. The van der Waals surface area contributed by atoms with Crippen LogP contribution in [0.3, 0.4) is 0 Å². The molecular formula is C35H39F2NO4. The Morgan fingerprint density at radius 1 is 0.929 bits per heavy atom. The molecule has 2 aliphatic rings. The van der Waals surface area contributed by atoms with Crippen molar-refractivity contribution < 1.29 is 27.8 Å². The van der Waals surface area contributed by atoms with Gasteiger partial charge in [-0.05, 0) is 105 Å². The van der Waals surface area contributed by atoms with Gasteiger partial charge >= 0.3 is 5.97 Å². The molecule has 5 rings (SSSR count). The van der Waals surface area contributed by atoms with Crippen LogP contribution >= 0.6 is 0 Å². The number of ketones is 1. The van der Waals surface area contributed by atoms with E-state index in [9.17, 15) is 18.4 Å². The molecule has 222 valence electrons. The number of carbonyl (C=O) groups is 2. The highest BCUT2D eigenvalue weighted by atomic mass is 19.2. The first-order valence-corrected chi connectivity index (χ1v) is 15.0. The van der Waals surface area contributed by atoms with Crippen molar-refractivity contribution in [2.75, 3.05) is 19.0 Å². The lowest BCUT2D eigenvalue weighted by Crippen LogP contribution is -2.41. The van der Waals surface area contributed by atoms with E-state index in [4.69, 9.17) is 9.47 Å². The number of fused-ring (bicyclic) bond motifs is 1. The molecule has 3 atom stereocenters. The molecule has 1 N–H and O–H groups in total. The Morgan fingerprint density at radius 2 is 1.71 bits per heavy atom. The maximum Gasteiger partial charge on any atom is 0.338 e. The Kier molecular flexibility index (Phi) is 9.24. The number of Topliss-reactive ketones (excluding diaryl/α,β-unsaturated/α-hetero) is 1. The minimum absolute atomic E-state index is 0.0704. The molecule has 0 saturated heterocycles. The number of rotatable bonds is 7. The molecule has 1 aliphatic carbocycles. The van der Waals surface area contributed by atoms with E-state index >= 15 is 0 Å². The molecular weight excluding hydrogens is 536 g/mol. The average molecular weight is 576 g/mol. The summed E-state index contributed by atoms with van der Waals surface area (Å²) in [7, 11) is 1.63. The average Bonchev–Trinajstić information content (AvgIpc) is 3.09. The number of carbonyl (C=O) groups excluding carboxylic acids is 2. The topological polar surface area (TPSA) is 64.6 Å². The largest absolute Gasteiger partial charge is 0.497 e. The standard InChI is InChI=1S/C35H39F2NO4/c1-3-42-34(40)26-10-13-29-32(21-26)38-35(22-27(33(29)39)19-24-7-11-28(41-2)12-8-24)16-5-4-6-23(15-17-35)18-25-9-14-30(36)31(37)20-25/h7-14,20-21,23,27,38H,3-6,15-19,22H2,1-2H3. The Labute approximate surface area is 246 Å². The summed E-state index contributed by atoms with van der Waals surface area (Å²) in [6.45, 7) is 2.04. The van der Waals surface area contributed by atoms with Crippen LogP contribution < -0.4 is 10.1 Å². The van der Waals surface area contributed by atoms with Crippen LogP contribution in [0.4, 0.5) is 14.5 Å². The van der Waals surface area contributed by atoms with E-state index < -0.39 is 17.6 Å². The molecule has 0 amide bonds. The Bertz CT molecular complexity index is 1420. The highest BCUT2D eigenvalue weighted by molar-refractivity contribution is 6.05. The highest BCUT2D eigenvalue weighted by Gasteiger charge is 2.41. The van der Waals surface area contributed by atoms with Crippen molar-refractivity contribution in [3.05, 3.63) is 94.6 Å². The molecule has 1 aliphatic heterocycles. The van der Waals surface area contributed by atoms with Gasteiger partial charge in [0.1, 0.15) is 5.75 Å². The molecule has 0 aromatic heterocycles. The van der Waals surface area contributed by atoms with Crippen molar-refractivity contribution in [3.8, 4) is 5.75 Å². The van der Waals surface area contributed by atoms with E-state index in [0.29, 0.717) is 42.0 Å². The van der Waals surface area contributed by atoms with Gasteiger partial charge in [0, 0.05) is 22.7 Å². The van der Waals surface area contributed by atoms with E-state index in [1.165, 1.54) is 12.1 Å². The third-order valence-electron chi connectivity index (χ3n) is 8.90. The van der Waals surface area contributed by atoms with Gasteiger partial charge in [-0.2, -0.15) is 0 Å². The number of nitrogens with one attached hydrogen (secondary N) is 1. The molecule has 0 bridgehead atoms. The number of esters is 1. The third-order valence-corrected chi connectivity index (χ3v) is 8.90. The zero-order valence-electron chi connectivity index (χ0n) is 24.4. The molecule has 1 fully saturated rings. The molecule has 42 heavy (non-hydrogen) atoms. The van der Waals surface area contributed by atoms with Gasteiger partial charge in [0.15, 0.2) is 17.4 Å². The predicted molar refractivity (Wildman–Crippen MR) is 159 cm³/mol. The molecule has 3 aromatic carbocycles. The van der Waals surface area contributed by atoms with Crippen LogP contribution in [0.5, 0.6) is 5.75 Å². The number of hydrogen-bond donors (Lipinski definition) is 1. The van der Waals surface area contributed by atoms with Crippen molar-refractivity contribution in [2.45, 2.75) is 70.3 Å². The summed E-state index contributed by atoms with van der Waals surface area (Å²) in [6.07, 6.45) is 7.60. The molecule has 3 unspecified atom stereocenters. The lowest BCUT2D eigenvalue weighted by atomic mass is 9.73. The molecule has 1 spiro atoms. The number of ether oxygens (including phenoxy) is 2. The van der Waals surface area contributed by atoms with E-state index in [-0.39, 0.29) is 23.8 Å². The first kappa shape index (κ1) is 29.7. The van der Waals surface area contributed by atoms with Crippen LogP contribution in [0.15, 0.2) is 60.7 Å². The smallest absolute Gasteiger partial charge is 0.338 e. The summed E-state index contributed by atoms with van der Waals surface area (Å²) in [5, 5.41) is 3.79. The van der Waals surface area contributed by atoms with Crippen LogP contribution in [-0.2, 0) is 17.6 Å². The normalized spacial score (nSPS) is 22.3. The number of hydrogen-bond acceptors (Lipinski definition) is 5. The van der Waals surface area contributed by atoms with Crippen LogP contribution in [0, 0.1) is 23.5 Å². The fourth-order valence-corrected chi connectivity index (χ4v) is 6.72. The highest BCUT2D eigenvalue weighted by Crippen LogP contribution is 2.42. The number of halogens is 2. The molecule has 7 heteroatoms. The number of methoxy groups -OCH3 is 1. The van der Waals surface area contributed by atoms with Crippen molar-refractivity contribution in [1.29, 1.82) is 0 Å². The quantitative estimate of drug-likeness (QED) is 0.290. The van der Waals surface area contributed by atoms with Crippen LogP contribution in [0.2, 0.25) is 0 Å². The first-order chi connectivity index (χ1) is 20.3. The zero-order valence-corrected chi connectivity index (χ0v) is 24.4. The molecule has 0 radical (unpaired) electrons. The second kappa shape index (κ2) is 13.1. The van der Waals surface area contributed by atoms with Crippen molar-refractivity contribution >= 4 is 17.4 Å². The Balaban J connectivity index is 1.45. The lowest BCUT2D eigenvalue weighted by molar-refractivity contribution is 0.0526. The minimum atomic E-state index is -0.827. The van der Waals surface area contributed by atoms with Crippen LogP contribution in [-0.4, -0.2) is 31.0 Å². The molecule has 5 nitrogen and oxygen atoms in total. The molecule has 3 aromatic rings. The number of benzene rings is 3. The second-order valence-electron chi connectivity index (χ2n) is 11.8. The fourth-order valence-electron chi connectivity index (χ4n) is 6.72. The van der Waals surface area contributed by atoms with Gasteiger partial charge in [-0.25, -0.2) is 13.6 Å². The summed E-state index contributed by atoms with van der Waals surface area (Å²) < 4.78 is 38.0. The van der Waals surface area contributed by atoms with E-state index in [1.807, 2.05) is 24.3 Å². The van der Waals surface area contributed by atoms with Gasteiger partial charge in [0.25, 0.3) is 0 Å². The van der Waals surface area contributed by atoms with Gasteiger partial charge in [-0.15, -0.1) is 0 Å². The summed E-state index contributed by atoms with van der Waals surface area (Å²) in [6, 6.07) is 17.2. The summed E-state index contributed by atoms with van der Waals surface area (Å²) in [4.78, 5) is 26.7. The molecule has 1 heterocycles. The second-order valence-corrected chi connectivity index (χ2v) is 11.8. The Hall–Kier alpha value is -3.74. The van der Waals surface area contributed by atoms with Crippen molar-refractivity contribution in [1.82, 2.24) is 0 Å². The van der Waals surface area contributed by atoms with E-state index in [0.717, 1.165) is 55.4 Å². The number of anilines is 1. The SMILES string of the molecule is CCOC(=O)c1ccc2c(c1)NC1(CCCCC(Cc3ccc(F)c(F)c3)CC1)CC(Cc1ccc(OC)cc1)C2=O. The maximum atomic E-state index is 14.1. The van der Waals surface area contributed by atoms with Gasteiger partial charge in [-0.3, -0.25) is 4.79 Å². The zero-order chi connectivity index (χ0) is 29.7. The van der Waals surface area contributed by atoms with Gasteiger partial charge in [-0.1, -0.05) is 37.5 Å². The van der Waals surface area contributed by atoms with E-state index in [2.05, 4.69) is 5.32 Å². The summed E-state index contributed by atoms with van der Waals surface area (Å²) >= 11 is 0. The minimum Gasteiger partial charge on any atom is -0.497 e. The van der Waals surface area contributed by atoms with Crippen LogP contribution in [0.25, 0.3) is 0 Å². The van der Waals surface area contributed by atoms with Crippen LogP contribution in [0.1, 0.15) is 83.7 Å². The maximum absolute atomic E-state index is 14.1. The summed E-state index contributed by atoms with van der Waals surface area (Å²) in [5.41, 5.74) is 3.22. The third kappa shape index (κ3) is 6.83. The summed E-state index contributed by atoms with van der Waals surface area (Å²) in [5.74, 6) is -1.13. The monoisotopic (exact) mass is 575 g/mol. The van der Waals surface area contributed by atoms with Gasteiger partial charge in [0.05, 0.1) is 19.3 Å². The van der Waals surface area contributed by atoms with Crippen molar-refractivity contribution in [3.63, 3.8) is 0 Å².